The topological polar surface area (TPSA) is 49.8 Å². The molecule has 4 nitrogen and oxygen atoms in total. The molecule has 0 heterocycles. The normalized spacial score (nSPS) is 12.8. The molecule has 1 aromatic rings. The van der Waals surface area contributed by atoms with Crippen molar-refractivity contribution in [3.63, 3.8) is 0 Å². The largest absolute Gasteiger partial charge is 0.481 e. The lowest BCUT2D eigenvalue weighted by Gasteiger charge is -2.22. The number of halogens is 3. The van der Waals surface area contributed by atoms with Crippen LogP contribution in [0.2, 0.25) is 0 Å². The van der Waals surface area contributed by atoms with E-state index < -0.39 is 18.5 Å². The van der Waals surface area contributed by atoms with Gasteiger partial charge in [-0.3, -0.25) is 4.79 Å². The summed E-state index contributed by atoms with van der Waals surface area (Å²) < 4.78 is 30.4. The van der Waals surface area contributed by atoms with Crippen LogP contribution in [0.4, 0.5) is 8.78 Å². The Kier molecular flexibility index (Phi) is 6.54. The van der Waals surface area contributed by atoms with Crippen LogP contribution in [0.25, 0.3) is 0 Å². The molecule has 0 aliphatic carbocycles. The van der Waals surface area contributed by atoms with E-state index in [2.05, 4.69) is 20.7 Å². The summed E-state index contributed by atoms with van der Waals surface area (Å²) in [6.45, 7) is 1.02. The summed E-state index contributed by atoms with van der Waals surface area (Å²) in [5, 5.41) is 8.90. The number of carboxylic acid groups (broad SMARTS) is 1. The van der Waals surface area contributed by atoms with Gasteiger partial charge >= 0.3 is 12.6 Å². The summed E-state index contributed by atoms with van der Waals surface area (Å²) in [7, 11) is 1.74. The number of alkyl halides is 2. The van der Waals surface area contributed by atoms with Crippen LogP contribution >= 0.6 is 15.9 Å². The van der Waals surface area contributed by atoms with Crippen LogP contribution in [0.15, 0.2) is 16.6 Å². The highest BCUT2D eigenvalue weighted by Crippen LogP contribution is 2.30. The zero-order valence-electron chi connectivity index (χ0n) is 12.1. The average molecular weight is 366 g/mol. The summed E-state index contributed by atoms with van der Waals surface area (Å²) >= 11 is 3.32. The average Bonchev–Trinajstić information content (AvgIpc) is 2.32. The highest BCUT2D eigenvalue weighted by atomic mass is 79.9. The molecule has 21 heavy (non-hydrogen) atoms. The van der Waals surface area contributed by atoms with Crippen molar-refractivity contribution in [2.24, 2.45) is 5.92 Å². The van der Waals surface area contributed by atoms with E-state index in [1.165, 1.54) is 0 Å². The first-order chi connectivity index (χ1) is 9.70. The predicted molar refractivity (Wildman–Crippen MR) is 78.6 cm³/mol. The highest BCUT2D eigenvalue weighted by Gasteiger charge is 2.18. The smallest absolute Gasteiger partial charge is 0.387 e. The van der Waals surface area contributed by atoms with E-state index in [-0.39, 0.29) is 5.75 Å². The molecule has 0 saturated carbocycles. The molecule has 0 saturated heterocycles. The van der Waals surface area contributed by atoms with Crippen molar-refractivity contribution < 1.29 is 23.4 Å². The Morgan fingerprint density at radius 1 is 1.48 bits per heavy atom. The molecular weight excluding hydrogens is 348 g/mol. The Bertz CT molecular complexity index is 511. The number of carbonyl (C=O) groups is 1. The van der Waals surface area contributed by atoms with Gasteiger partial charge in [0.05, 0.1) is 5.92 Å². The van der Waals surface area contributed by atoms with Gasteiger partial charge in [-0.1, -0.05) is 22.9 Å². The van der Waals surface area contributed by atoms with Gasteiger partial charge in [-0.25, -0.2) is 0 Å². The monoisotopic (exact) mass is 365 g/mol. The third kappa shape index (κ3) is 5.59. The number of nitrogens with zero attached hydrogens (tertiary/aromatic N) is 1. The zero-order valence-corrected chi connectivity index (χ0v) is 13.7. The van der Waals surface area contributed by atoms with E-state index >= 15 is 0 Å². The standard InChI is InChI=1S/C14H18BrF2NO3/c1-8-4-11(15)5-10(12(8)21-14(16)17)7-18(3)6-9(2)13(19)20/h4-5,9,14H,6-7H2,1-3H3,(H,19,20). The predicted octanol–water partition coefficient (Wildman–Crippen LogP) is 3.51. The maximum absolute atomic E-state index is 12.5. The number of benzene rings is 1. The van der Waals surface area contributed by atoms with Crippen molar-refractivity contribution >= 4 is 21.9 Å². The number of ether oxygens (including phenoxy) is 1. The first-order valence-corrected chi connectivity index (χ1v) is 7.15. The Labute approximate surface area is 130 Å². The number of hydrogen-bond donors (Lipinski definition) is 1. The fourth-order valence-corrected chi connectivity index (χ4v) is 2.70. The Balaban J connectivity index is 2.93. The first-order valence-electron chi connectivity index (χ1n) is 6.36. The third-order valence-corrected chi connectivity index (χ3v) is 3.43. The molecule has 1 rings (SSSR count). The van der Waals surface area contributed by atoms with Crippen molar-refractivity contribution in [3.8, 4) is 5.75 Å². The molecule has 0 amide bonds. The SMILES string of the molecule is Cc1cc(Br)cc(CN(C)CC(C)C(=O)O)c1OC(F)F. The van der Waals surface area contributed by atoms with Crippen molar-refractivity contribution in [1.29, 1.82) is 0 Å². The molecule has 1 aromatic carbocycles. The molecule has 0 bridgehead atoms. The maximum Gasteiger partial charge on any atom is 0.387 e. The molecule has 0 aromatic heterocycles. The van der Waals surface area contributed by atoms with E-state index in [1.54, 1.807) is 37.9 Å². The number of aryl methyl sites for hydroxylation is 1. The van der Waals surface area contributed by atoms with E-state index in [0.29, 0.717) is 24.2 Å². The zero-order chi connectivity index (χ0) is 16.2. The minimum atomic E-state index is -2.90. The number of hydrogen-bond acceptors (Lipinski definition) is 3. The van der Waals surface area contributed by atoms with Crippen LogP contribution in [-0.2, 0) is 11.3 Å². The van der Waals surface area contributed by atoms with Gasteiger partial charge in [0.15, 0.2) is 0 Å². The summed E-state index contributed by atoms with van der Waals surface area (Å²) in [5.74, 6) is -1.29. The van der Waals surface area contributed by atoms with Crippen LogP contribution in [0.3, 0.4) is 0 Å². The quantitative estimate of drug-likeness (QED) is 0.803. The van der Waals surface area contributed by atoms with Crippen LogP contribution < -0.4 is 4.74 Å². The van der Waals surface area contributed by atoms with Gasteiger partial charge in [-0.15, -0.1) is 0 Å². The second-order valence-corrected chi connectivity index (χ2v) is 5.94. The fraction of sp³-hybridized carbons (Fsp3) is 0.500. The number of carboxylic acids is 1. The summed E-state index contributed by atoms with van der Waals surface area (Å²) in [5.41, 5.74) is 1.18. The van der Waals surface area contributed by atoms with E-state index in [9.17, 15) is 13.6 Å². The molecule has 118 valence electrons. The lowest BCUT2D eigenvalue weighted by atomic mass is 10.1. The third-order valence-electron chi connectivity index (χ3n) is 2.97. The molecule has 1 N–H and O–H groups in total. The van der Waals surface area contributed by atoms with Crippen LogP contribution in [0.5, 0.6) is 5.75 Å². The van der Waals surface area contributed by atoms with Crippen LogP contribution in [0, 0.1) is 12.8 Å². The molecule has 0 aliphatic rings. The minimum Gasteiger partial charge on any atom is -0.481 e. The van der Waals surface area contributed by atoms with Crippen LogP contribution in [-0.4, -0.2) is 36.2 Å². The molecule has 0 fully saturated rings. The Morgan fingerprint density at radius 2 is 2.10 bits per heavy atom. The highest BCUT2D eigenvalue weighted by molar-refractivity contribution is 9.10. The molecule has 0 radical (unpaired) electrons. The van der Waals surface area contributed by atoms with Crippen LogP contribution in [0.1, 0.15) is 18.1 Å². The molecule has 1 unspecified atom stereocenters. The van der Waals surface area contributed by atoms with Gasteiger partial charge in [0.25, 0.3) is 0 Å². The molecule has 0 aliphatic heterocycles. The Morgan fingerprint density at radius 3 is 2.62 bits per heavy atom. The molecular formula is C14H18BrF2NO3. The van der Waals surface area contributed by atoms with Crippen molar-refractivity contribution in [1.82, 2.24) is 4.90 Å². The fourth-order valence-electron chi connectivity index (χ4n) is 2.08. The molecule has 1 atom stereocenters. The van der Waals surface area contributed by atoms with Gasteiger partial charge < -0.3 is 14.7 Å². The van der Waals surface area contributed by atoms with E-state index in [0.717, 1.165) is 4.47 Å². The Hall–Kier alpha value is -1.21. The van der Waals surface area contributed by atoms with Crippen molar-refractivity contribution in [3.05, 3.63) is 27.7 Å². The minimum absolute atomic E-state index is 0.142. The molecule has 0 spiro atoms. The van der Waals surface area contributed by atoms with Crippen molar-refractivity contribution in [2.45, 2.75) is 27.0 Å². The summed E-state index contributed by atoms with van der Waals surface area (Å²) in [6, 6.07) is 3.40. The van der Waals surface area contributed by atoms with E-state index in [1.807, 2.05) is 0 Å². The second kappa shape index (κ2) is 7.70. The van der Waals surface area contributed by atoms with Gasteiger partial charge in [0.2, 0.25) is 0 Å². The molecule has 7 heteroatoms. The van der Waals surface area contributed by atoms with Gasteiger partial charge in [-0.2, -0.15) is 8.78 Å². The summed E-state index contributed by atoms with van der Waals surface area (Å²) in [6.07, 6.45) is 0. The summed E-state index contributed by atoms with van der Waals surface area (Å²) in [4.78, 5) is 12.6. The van der Waals surface area contributed by atoms with Gasteiger partial charge in [0, 0.05) is 23.1 Å². The van der Waals surface area contributed by atoms with Gasteiger partial charge in [0.1, 0.15) is 5.75 Å². The lowest BCUT2D eigenvalue weighted by Crippen LogP contribution is -2.28. The van der Waals surface area contributed by atoms with E-state index in [4.69, 9.17) is 5.11 Å². The van der Waals surface area contributed by atoms with Crippen molar-refractivity contribution in [2.75, 3.05) is 13.6 Å². The van der Waals surface area contributed by atoms with Gasteiger partial charge in [-0.05, 0) is 31.7 Å². The second-order valence-electron chi connectivity index (χ2n) is 5.03. The number of aliphatic carboxylic acids is 1. The lowest BCUT2D eigenvalue weighted by molar-refractivity contribution is -0.141. The number of rotatable bonds is 7. The maximum atomic E-state index is 12.5. The first kappa shape index (κ1) is 17.8.